The number of benzene rings is 3. The smallest absolute Gasteiger partial charge is 0.119 e. The first-order valence-corrected chi connectivity index (χ1v) is 7.39. The molecule has 0 aliphatic carbocycles. The third-order valence-corrected chi connectivity index (χ3v) is 3.50. The van der Waals surface area contributed by atoms with Crippen molar-refractivity contribution < 1.29 is 9.84 Å². The van der Waals surface area contributed by atoms with Gasteiger partial charge in [0.1, 0.15) is 11.5 Å². The minimum atomic E-state index is 0.262. The van der Waals surface area contributed by atoms with E-state index in [-0.39, 0.29) is 5.75 Å². The first kappa shape index (κ1) is 14.2. The van der Waals surface area contributed by atoms with E-state index in [1.165, 1.54) is 0 Å². The van der Waals surface area contributed by atoms with Crippen LogP contribution in [0.5, 0.6) is 11.5 Å². The molecule has 0 saturated carbocycles. The molecule has 3 aromatic rings. The average molecular weight is 290 g/mol. The van der Waals surface area contributed by atoms with Crippen molar-refractivity contribution in [2.45, 2.75) is 6.92 Å². The molecule has 1 N–H and O–H groups in total. The molecule has 22 heavy (non-hydrogen) atoms. The third kappa shape index (κ3) is 3.12. The van der Waals surface area contributed by atoms with Crippen molar-refractivity contribution in [3.8, 4) is 33.8 Å². The SMILES string of the molecule is CCOc1cccc(-c2cc(O)cc(-c3ccccc3)c2)c1. The van der Waals surface area contributed by atoms with E-state index in [4.69, 9.17) is 4.74 Å². The van der Waals surface area contributed by atoms with E-state index in [9.17, 15) is 5.11 Å². The highest BCUT2D eigenvalue weighted by Gasteiger charge is 2.06. The van der Waals surface area contributed by atoms with E-state index in [2.05, 4.69) is 6.07 Å². The predicted octanol–water partition coefficient (Wildman–Crippen LogP) is 5.12. The summed E-state index contributed by atoms with van der Waals surface area (Å²) in [4.78, 5) is 0. The molecular formula is C20H18O2. The van der Waals surface area contributed by atoms with Crippen LogP contribution < -0.4 is 4.74 Å². The summed E-state index contributed by atoms with van der Waals surface area (Å²) in [6, 6.07) is 23.6. The molecule has 0 heterocycles. The van der Waals surface area contributed by atoms with Crippen LogP contribution in [-0.2, 0) is 0 Å². The fourth-order valence-corrected chi connectivity index (χ4v) is 2.51. The second-order valence-corrected chi connectivity index (χ2v) is 5.10. The monoisotopic (exact) mass is 290 g/mol. The van der Waals surface area contributed by atoms with Gasteiger partial charge in [0.2, 0.25) is 0 Å². The van der Waals surface area contributed by atoms with Crippen molar-refractivity contribution in [3.63, 3.8) is 0 Å². The van der Waals surface area contributed by atoms with Gasteiger partial charge in [-0.15, -0.1) is 0 Å². The highest BCUT2D eigenvalue weighted by Crippen LogP contribution is 2.32. The standard InChI is InChI=1S/C20H18O2/c1-2-22-20-10-6-9-16(14-20)18-11-17(12-19(21)13-18)15-7-4-3-5-8-15/h3-14,21H,2H2,1H3. The van der Waals surface area contributed by atoms with Gasteiger partial charge in [0.15, 0.2) is 0 Å². The van der Waals surface area contributed by atoms with Crippen LogP contribution in [0.25, 0.3) is 22.3 Å². The number of hydrogen-bond donors (Lipinski definition) is 1. The Morgan fingerprint density at radius 3 is 2.14 bits per heavy atom. The van der Waals surface area contributed by atoms with Crippen molar-refractivity contribution in [1.82, 2.24) is 0 Å². The van der Waals surface area contributed by atoms with Gasteiger partial charge in [-0.3, -0.25) is 0 Å². The maximum atomic E-state index is 10.1. The van der Waals surface area contributed by atoms with Crippen LogP contribution in [0.15, 0.2) is 72.8 Å². The lowest BCUT2D eigenvalue weighted by atomic mass is 9.98. The van der Waals surface area contributed by atoms with Gasteiger partial charge in [0.05, 0.1) is 6.61 Å². The highest BCUT2D eigenvalue weighted by molar-refractivity contribution is 5.75. The van der Waals surface area contributed by atoms with Gasteiger partial charge < -0.3 is 9.84 Å². The molecule has 2 nitrogen and oxygen atoms in total. The van der Waals surface area contributed by atoms with Crippen LogP contribution in [0, 0.1) is 0 Å². The van der Waals surface area contributed by atoms with Crippen LogP contribution in [0.4, 0.5) is 0 Å². The Kier molecular flexibility index (Phi) is 4.10. The summed E-state index contributed by atoms with van der Waals surface area (Å²) < 4.78 is 5.55. The molecule has 0 saturated heterocycles. The Labute approximate surface area is 130 Å². The lowest BCUT2D eigenvalue weighted by Gasteiger charge is -2.09. The van der Waals surface area contributed by atoms with E-state index in [0.717, 1.165) is 28.0 Å². The summed E-state index contributed by atoms with van der Waals surface area (Å²) in [6.45, 7) is 2.60. The first-order chi connectivity index (χ1) is 10.8. The van der Waals surface area contributed by atoms with Gasteiger partial charge in [-0.2, -0.15) is 0 Å². The molecule has 0 aliphatic rings. The van der Waals surface area contributed by atoms with Crippen LogP contribution in [-0.4, -0.2) is 11.7 Å². The van der Waals surface area contributed by atoms with Gasteiger partial charge in [-0.05, 0) is 59.5 Å². The van der Waals surface area contributed by atoms with Crippen LogP contribution >= 0.6 is 0 Å². The highest BCUT2D eigenvalue weighted by atomic mass is 16.5. The lowest BCUT2D eigenvalue weighted by Crippen LogP contribution is -1.91. The molecule has 0 atom stereocenters. The van der Waals surface area contributed by atoms with Crippen molar-refractivity contribution >= 4 is 0 Å². The molecule has 0 bridgehead atoms. The maximum absolute atomic E-state index is 10.1. The van der Waals surface area contributed by atoms with Crippen LogP contribution in [0.1, 0.15) is 6.92 Å². The number of phenols is 1. The minimum absolute atomic E-state index is 0.262. The van der Waals surface area contributed by atoms with Crippen molar-refractivity contribution in [3.05, 3.63) is 72.8 Å². The number of ether oxygens (including phenoxy) is 1. The third-order valence-electron chi connectivity index (χ3n) is 3.50. The molecule has 0 radical (unpaired) electrons. The zero-order valence-electron chi connectivity index (χ0n) is 12.5. The molecule has 0 aliphatic heterocycles. The molecule has 0 unspecified atom stereocenters. The molecule has 0 aromatic heterocycles. The van der Waals surface area contributed by atoms with Crippen LogP contribution in [0.3, 0.4) is 0 Å². The number of phenolic OH excluding ortho intramolecular Hbond substituents is 1. The largest absolute Gasteiger partial charge is 0.508 e. The lowest BCUT2D eigenvalue weighted by molar-refractivity contribution is 0.340. The second-order valence-electron chi connectivity index (χ2n) is 5.10. The zero-order chi connectivity index (χ0) is 15.4. The summed E-state index contributed by atoms with van der Waals surface area (Å²) >= 11 is 0. The van der Waals surface area contributed by atoms with Gasteiger partial charge >= 0.3 is 0 Å². The topological polar surface area (TPSA) is 29.5 Å². The molecule has 3 rings (SSSR count). The fourth-order valence-electron chi connectivity index (χ4n) is 2.51. The Morgan fingerprint density at radius 2 is 1.41 bits per heavy atom. The second kappa shape index (κ2) is 6.35. The Bertz CT molecular complexity index is 764. The van der Waals surface area contributed by atoms with Crippen molar-refractivity contribution in [2.24, 2.45) is 0 Å². The van der Waals surface area contributed by atoms with Crippen molar-refractivity contribution in [2.75, 3.05) is 6.61 Å². The van der Waals surface area contributed by atoms with Crippen LogP contribution in [0.2, 0.25) is 0 Å². The molecule has 0 spiro atoms. The number of hydrogen-bond acceptors (Lipinski definition) is 2. The summed E-state index contributed by atoms with van der Waals surface area (Å²) in [5.74, 6) is 1.10. The van der Waals surface area contributed by atoms with E-state index in [0.29, 0.717) is 6.61 Å². The quantitative estimate of drug-likeness (QED) is 0.722. The summed E-state index contributed by atoms with van der Waals surface area (Å²) in [7, 11) is 0. The maximum Gasteiger partial charge on any atom is 0.119 e. The van der Waals surface area contributed by atoms with Crippen molar-refractivity contribution in [1.29, 1.82) is 0 Å². The molecule has 0 amide bonds. The zero-order valence-corrected chi connectivity index (χ0v) is 12.5. The Balaban J connectivity index is 2.04. The fraction of sp³-hybridized carbons (Fsp3) is 0.100. The van der Waals surface area contributed by atoms with Gasteiger partial charge in [-0.1, -0.05) is 42.5 Å². The number of aromatic hydroxyl groups is 1. The molecule has 0 fully saturated rings. The number of rotatable bonds is 4. The normalized spacial score (nSPS) is 10.4. The van der Waals surface area contributed by atoms with E-state index in [1.54, 1.807) is 12.1 Å². The summed E-state index contributed by atoms with van der Waals surface area (Å²) in [5.41, 5.74) is 4.08. The van der Waals surface area contributed by atoms with E-state index < -0.39 is 0 Å². The summed E-state index contributed by atoms with van der Waals surface area (Å²) in [6.07, 6.45) is 0. The first-order valence-electron chi connectivity index (χ1n) is 7.39. The molecule has 3 aromatic carbocycles. The molecular weight excluding hydrogens is 272 g/mol. The van der Waals surface area contributed by atoms with Gasteiger partial charge in [0, 0.05) is 0 Å². The molecule has 110 valence electrons. The Hall–Kier alpha value is -2.74. The minimum Gasteiger partial charge on any atom is -0.508 e. The molecule has 2 heteroatoms. The van der Waals surface area contributed by atoms with Gasteiger partial charge in [0.25, 0.3) is 0 Å². The van der Waals surface area contributed by atoms with E-state index >= 15 is 0 Å². The average Bonchev–Trinajstić information content (AvgIpc) is 2.56. The van der Waals surface area contributed by atoms with E-state index in [1.807, 2.05) is 61.5 Å². The Morgan fingerprint density at radius 1 is 0.727 bits per heavy atom. The van der Waals surface area contributed by atoms with Gasteiger partial charge in [-0.25, -0.2) is 0 Å². The predicted molar refractivity (Wildman–Crippen MR) is 90.1 cm³/mol. The summed E-state index contributed by atoms with van der Waals surface area (Å²) in [5, 5.41) is 10.1.